The third kappa shape index (κ3) is 5.83. The molecule has 3 rings (SSSR count). The minimum atomic E-state index is -0.198. The van der Waals surface area contributed by atoms with Gasteiger partial charge in [0.15, 0.2) is 23.1 Å². The van der Waals surface area contributed by atoms with Crippen molar-refractivity contribution in [1.29, 1.82) is 0 Å². The molecule has 2 N–H and O–H groups in total. The van der Waals surface area contributed by atoms with Gasteiger partial charge < -0.3 is 24.8 Å². The van der Waals surface area contributed by atoms with Crippen molar-refractivity contribution in [1.82, 2.24) is 10.2 Å². The molecule has 1 aromatic heterocycles. The number of benzene rings is 2. The Morgan fingerprint density at radius 1 is 0.897 bits per heavy atom. The molecule has 0 atom stereocenters. The van der Waals surface area contributed by atoms with Crippen LogP contribution in [0.2, 0.25) is 0 Å². The first-order valence-corrected chi connectivity index (χ1v) is 8.98. The van der Waals surface area contributed by atoms with E-state index in [-0.39, 0.29) is 18.9 Å². The van der Waals surface area contributed by atoms with E-state index in [1.165, 1.54) is 0 Å². The highest BCUT2D eigenvalue weighted by Gasteiger charge is 2.07. The van der Waals surface area contributed by atoms with Gasteiger partial charge in [0.05, 0.1) is 27.2 Å². The van der Waals surface area contributed by atoms with Crippen LogP contribution < -0.4 is 24.8 Å². The van der Waals surface area contributed by atoms with Gasteiger partial charge in [-0.05, 0) is 36.4 Å². The van der Waals surface area contributed by atoms with Crippen LogP contribution in [0.4, 0.5) is 17.3 Å². The minimum Gasteiger partial charge on any atom is -0.493 e. The number of anilines is 3. The number of hydrogen-bond donors (Lipinski definition) is 2. The molecule has 150 valence electrons. The maximum Gasteiger partial charge on any atom is 0.229 e. The molecule has 1 amide bonds. The van der Waals surface area contributed by atoms with Crippen LogP contribution in [-0.4, -0.2) is 36.9 Å². The zero-order chi connectivity index (χ0) is 20.5. The predicted molar refractivity (Wildman–Crippen MR) is 110 cm³/mol. The number of para-hydroxylation sites is 1. The molecule has 0 unspecified atom stereocenters. The van der Waals surface area contributed by atoms with Crippen molar-refractivity contribution in [3.05, 3.63) is 60.7 Å². The average molecular weight is 394 g/mol. The van der Waals surface area contributed by atoms with Gasteiger partial charge in [-0.1, -0.05) is 18.2 Å². The van der Waals surface area contributed by atoms with E-state index in [0.29, 0.717) is 23.1 Å². The Kier molecular flexibility index (Phi) is 6.83. The van der Waals surface area contributed by atoms with E-state index in [0.717, 1.165) is 11.4 Å². The highest BCUT2D eigenvalue weighted by Crippen LogP contribution is 2.30. The molecule has 2 aromatic carbocycles. The Morgan fingerprint density at radius 2 is 1.62 bits per heavy atom. The second-order valence-corrected chi connectivity index (χ2v) is 5.96. The zero-order valence-electron chi connectivity index (χ0n) is 16.2. The van der Waals surface area contributed by atoms with Crippen LogP contribution in [0.3, 0.4) is 0 Å². The summed E-state index contributed by atoms with van der Waals surface area (Å²) in [5, 5.41) is 13.9. The molecular weight excluding hydrogens is 372 g/mol. The first-order valence-electron chi connectivity index (χ1n) is 8.98. The number of methoxy groups -OCH3 is 2. The maximum absolute atomic E-state index is 12.0. The number of nitrogens with zero attached hydrogens (tertiary/aromatic N) is 2. The molecule has 0 saturated carbocycles. The Balaban J connectivity index is 1.50. The van der Waals surface area contributed by atoms with Gasteiger partial charge in [-0.15, -0.1) is 10.2 Å². The number of amides is 1. The lowest BCUT2D eigenvalue weighted by Crippen LogP contribution is -2.16. The van der Waals surface area contributed by atoms with E-state index in [2.05, 4.69) is 20.8 Å². The van der Waals surface area contributed by atoms with Gasteiger partial charge in [-0.3, -0.25) is 4.79 Å². The van der Waals surface area contributed by atoms with Gasteiger partial charge in [0, 0.05) is 11.8 Å². The number of aromatic nitrogens is 2. The van der Waals surface area contributed by atoms with E-state index in [9.17, 15) is 4.79 Å². The second-order valence-electron chi connectivity index (χ2n) is 5.96. The van der Waals surface area contributed by atoms with Crippen LogP contribution in [0.1, 0.15) is 6.42 Å². The van der Waals surface area contributed by atoms with Crippen molar-refractivity contribution < 1.29 is 19.0 Å². The molecule has 29 heavy (non-hydrogen) atoms. The van der Waals surface area contributed by atoms with Gasteiger partial charge in [0.1, 0.15) is 5.75 Å². The molecule has 0 fully saturated rings. The third-order valence-electron chi connectivity index (χ3n) is 3.93. The standard InChI is InChI=1S/C21H22N4O4/c1-27-17-9-8-15(14-18(17)28-2)22-19-10-11-20(25-24-19)23-21(26)12-13-29-16-6-4-3-5-7-16/h3-11,14H,12-13H2,1-2H3,(H,22,24)(H,23,25,26). The van der Waals surface area contributed by atoms with Gasteiger partial charge in [0.25, 0.3) is 0 Å². The van der Waals surface area contributed by atoms with Crippen molar-refractivity contribution in [3.63, 3.8) is 0 Å². The van der Waals surface area contributed by atoms with Crippen LogP contribution in [0.5, 0.6) is 17.2 Å². The summed E-state index contributed by atoms with van der Waals surface area (Å²) in [5.41, 5.74) is 0.770. The van der Waals surface area contributed by atoms with Crippen LogP contribution in [0.15, 0.2) is 60.7 Å². The normalized spacial score (nSPS) is 10.1. The fraction of sp³-hybridized carbons (Fsp3) is 0.190. The van der Waals surface area contributed by atoms with Crippen LogP contribution in [-0.2, 0) is 4.79 Å². The molecule has 8 heteroatoms. The van der Waals surface area contributed by atoms with Crippen LogP contribution in [0, 0.1) is 0 Å². The molecule has 0 aliphatic heterocycles. The molecule has 3 aromatic rings. The Labute approximate surface area is 168 Å². The molecule has 0 bridgehead atoms. The maximum atomic E-state index is 12.0. The van der Waals surface area contributed by atoms with Crippen LogP contribution in [0.25, 0.3) is 0 Å². The Morgan fingerprint density at radius 3 is 2.31 bits per heavy atom. The molecule has 1 heterocycles. The van der Waals surface area contributed by atoms with E-state index in [1.807, 2.05) is 36.4 Å². The topological polar surface area (TPSA) is 94.6 Å². The summed E-state index contributed by atoms with van der Waals surface area (Å²) in [6.45, 7) is 0.280. The summed E-state index contributed by atoms with van der Waals surface area (Å²) in [6, 6.07) is 18.2. The van der Waals surface area contributed by atoms with Crippen molar-refractivity contribution in [2.24, 2.45) is 0 Å². The van der Waals surface area contributed by atoms with Gasteiger partial charge in [0.2, 0.25) is 5.91 Å². The molecule has 8 nitrogen and oxygen atoms in total. The number of rotatable bonds is 9. The summed E-state index contributed by atoms with van der Waals surface area (Å²) in [7, 11) is 3.15. The van der Waals surface area contributed by atoms with Crippen molar-refractivity contribution in [2.75, 3.05) is 31.5 Å². The van der Waals surface area contributed by atoms with E-state index in [1.54, 1.807) is 38.5 Å². The molecule has 0 aliphatic carbocycles. The van der Waals surface area contributed by atoms with E-state index >= 15 is 0 Å². The van der Waals surface area contributed by atoms with Crippen LogP contribution >= 0.6 is 0 Å². The average Bonchev–Trinajstić information content (AvgIpc) is 2.76. The number of ether oxygens (including phenoxy) is 3. The number of carbonyl (C=O) groups is 1. The van der Waals surface area contributed by atoms with Gasteiger partial charge in [-0.2, -0.15) is 0 Å². The van der Waals surface area contributed by atoms with Crippen molar-refractivity contribution in [2.45, 2.75) is 6.42 Å². The summed E-state index contributed by atoms with van der Waals surface area (Å²) < 4.78 is 16.0. The predicted octanol–water partition coefficient (Wildman–Crippen LogP) is 3.65. The number of hydrogen-bond acceptors (Lipinski definition) is 7. The lowest BCUT2D eigenvalue weighted by Gasteiger charge is -2.11. The third-order valence-corrected chi connectivity index (χ3v) is 3.93. The molecule has 0 radical (unpaired) electrons. The van der Waals surface area contributed by atoms with E-state index in [4.69, 9.17) is 14.2 Å². The quantitative estimate of drug-likeness (QED) is 0.572. The Hall–Kier alpha value is -3.81. The fourth-order valence-electron chi connectivity index (χ4n) is 2.51. The minimum absolute atomic E-state index is 0.198. The van der Waals surface area contributed by atoms with Crippen molar-refractivity contribution >= 4 is 23.2 Å². The summed E-state index contributed by atoms with van der Waals surface area (Å²) in [4.78, 5) is 12.0. The fourth-order valence-corrected chi connectivity index (χ4v) is 2.51. The largest absolute Gasteiger partial charge is 0.493 e. The second kappa shape index (κ2) is 9.93. The lowest BCUT2D eigenvalue weighted by atomic mass is 10.2. The molecular formula is C21H22N4O4. The SMILES string of the molecule is COc1ccc(Nc2ccc(NC(=O)CCOc3ccccc3)nn2)cc1OC. The first kappa shape index (κ1) is 19.9. The monoisotopic (exact) mass is 394 g/mol. The number of nitrogens with one attached hydrogen (secondary N) is 2. The van der Waals surface area contributed by atoms with Crippen molar-refractivity contribution in [3.8, 4) is 17.2 Å². The molecule has 0 spiro atoms. The summed E-state index contributed by atoms with van der Waals surface area (Å²) in [6.07, 6.45) is 0.211. The molecule has 0 aliphatic rings. The summed E-state index contributed by atoms with van der Waals surface area (Å²) in [5.74, 6) is 2.67. The smallest absolute Gasteiger partial charge is 0.229 e. The highest BCUT2D eigenvalue weighted by atomic mass is 16.5. The number of carbonyl (C=O) groups excluding carboxylic acids is 1. The highest BCUT2D eigenvalue weighted by molar-refractivity contribution is 5.89. The molecule has 0 saturated heterocycles. The van der Waals surface area contributed by atoms with Gasteiger partial charge >= 0.3 is 0 Å². The van der Waals surface area contributed by atoms with E-state index < -0.39 is 0 Å². The first-order chi connectivity index (χ1) is 14.2. The zero-order valence-corrected chi connectivity index (χ0v) is 16.2. The Bertz CT molecular complexity index is 933. The lowest BCUT2D eigenvalue weighted by molar-refractivity contribution is -0.116. The summed E-state index contributed by atoms with van der Waals surface area (Å²) >= 11 is 0. The van der Waals surface area contributed by atoms with Gasteiger partial charge in [-0.25, -0.2) is 0 Å².